The number of ether oxygens (including phenoxy) is 2. The zero-order chi connectivity index (χ0) is 20.0. The highest BCUT2D eigenvalue weighted by molar-refractivity contribution is 5.52. The molecule has 0 unspecified atom stereocenters. The fourth-order valence-corrected chi connectivity index (χ4v) is 2.98. The van der Waals surface area contributed by atoms with Gasteiger partial charge in [0.25, 0.3) is 0 Å². The average Bonchev–Trinajstić information content (AvgIpc) is 3.32. The lowest BCUT2D eigenvalue weighted by molar-refractivity contribution is -0.141. The Morgan fingerprint density at radius 3 is 2.36 bits per heavy atom. The molecule has 2 heterocycles. The lowest BCUT2D eigenvalue weighted by Crippen LogP contribution is -2.17. The topological polar surface area (TPSA) is 34.6 Å². The maximum Gasteiger partial charge on any atom is 0.433 e. The number of aromatic nitrogens is 1. The van der Waals surface area contributed by atoms with Crippen LogP contribution in [0.2, 0.25) is 0 Å². The molecule has 0 radical (unpaired) electrons. The third kappa shape index (κ3) is 6.12. The monoisotopic (exact) mass is 394 g/mol. The van der Waals surface area contributed by atoms with Gasteiger partial charge < -0.3 is 14.4 Å². The number of nitrogens with zero attached hydrogens (tertiary/aromatic N) is 2. The largest absolute Gasteiger partial charge is 0.456 e. The van der Waals surface area contributed by atoms with Crippen LogP contribution in [0.3, 0.4) is 0 Å². The van der Waals surface area contributed by atoms with E-state index in [1.54, 1.807) is 13.2 Å². The van der Waals surface area contributed by atoms with E-state index in [1.165, 1.54) is 31.7 Å². The number of pyridine rings is 1. The zero-order valence-corrected chi connectivity index (χ0v) is 15.9. The van der Waals surface area contributed by atoms with Crippen LogP contribution < -0.4 is 9.64 Å². The summed E-state index contributed by atoms with van der Waals surface area (Å²) in [6, 6.07) is 9.74. The zero-order valence-electron chi connectivity index (χ0n) is 15.9. The summed E-state index contributed by atoms with van der Waals surface area (Å²) in [5.74, 6) is 1.80. The molecule has 0 spiro atoms. The van der Waals surface area contributed by atoms with Crippen LogP contribution in [0.25, 0.3) is 0 Å². The van der Waals surface area contributed by atoms with Gasteiger partial charge in [0.1, 0.15) is 17.2 Å². The lowest BCUT2D eigenvalue weighted by atomic mass is 10.2. The van der Waals surface area contributed by atoms with Gasteiger partial charge in [-0.25, -0.2) is 4.98 Å². The Kier molecular flexibility index (Phi) is 6.78. The summed E-state index contributed by atoms with van der Waals surface area (Å²) < 4.78 is 47.8. The molecule has 1 aromatic carbocycles. The van der Waals surface area contributed by atoms with Crippen LogP contribution in [0.1, 0.15) is 31.4 Å². The maximum atomic E-state index is 12.5. The third-order valence-electron chi connectivity index (χ3n) is 4.65. The molecule has 0 atom stereocenters. The van der Waals surface area contributed by atoms with Crippen molar-refractivity contribution in [3.8, 4) is 11.5 Å². The fraction of sp³-hybridized carbons (Fsp3) is 0.476. The molecule has 1 aromatic heterocycles. The van der Waals surface area contributed by atoms with Crippen molar-refractivity contribution in [1.29, 1.82) is 0 Å². The van der Waals surface area contributed by atoms with Gasteiger partial charge in [0.2, 0.25) is 0 Å². The van der Waals surface area contributed by atoms with Crippen molar-refractivity contribution in [2.75, 3.05) is 31.7 Å². The number of alkyl halides is 3. The molecule has 7 heteroatoms. The van der Waals surface area contributed by atoms with Gasteiger partial charge in [0.05, 0.1) is 6.20 Å². The Bertz CT molecular complexity index is 740. The van der Waals surface area contributed by atoms with Crippen molar-refractivity contribution < 1.29 is 22.6 Å². The minimum absolute atomic E-state index is 0.284. The standard InChI is InChI=1S/C16H15F3N2O.C5H10O/c17-16(18,19)15-7-6-14(11-20-15)22-13-5-3-4-12(10-13)21-8-1-2-9-21;1-6-4-5-2-3-5/h3-7,10-11H,1-2,8-9H2;5H,2-4H2,1H3. The quantitative estimate of drug-likeness (QED) is 0.667. The van der Waals surface area contributed by atoms with E-state index < -0.39 is 11.9 Å². The van der Waals surface area contributed by atoms with Crippen LogP contribution >= 0.6 is 0 Å². The summed E-state index contributed by atoms with van der Waals surface area (Å²) >= 11 is 0. The molecule has 2 aromatic rings. The highest BCUT2D eigenvalue weighted by atomic mass is 19.4. The molecule has 0 bridgehead atoms. The summed E-state index contributed by atoms with van der Waals surface area (Å²) in [6.45, 7) is 3.02. The second-order valence-corrected chi connectivity index (χ2v) is 7.07. The molecular weight excluding hydrogens is 369 g/mol. The minimum Gasteiger partial charge on any atom is -0.456 e. The molecule has 2 fully saturated rings. The van der Waals surface area contributed by atoms with Gasteiger partial charge in [0.15, 0.2) is 0 Å². The first-order chi connectivity index (χ1) is 13.5. The molecule has 28 heavy (non-hydrogen) atoms. The van der Waals surface area contributed by atoms with E-state index in [1.807, 2.05) is 18.2 Å². The molecule has 1 aliphatic heterocycles. The normalized spacial score (nSPS) is 16.5. The van der Waals surface area contributed by atoms with Crippen molar-refractivity contribution in [1.82, 2.24) is 4.98 Å². The first-order valence-corrected chi connectivity index (χ1v) is 9.51. The molecule has 1 saturated heterocycles. The number of methoxy groups -OCH3 is 1. The number of hydrogen-bond donors (Lipinski definition) is 0. The highest BCUT2D eigenvalue weighted by Gasteiger charge is 2.32. The van der Waals surface area contributed by atoms with Gasteiger partial charge in [-0.2, -0.15) is 13.2 Å². The molecule has 1 aliphatic carbocycles. The summed E-state index contributed by atoms with van der Waals surface area (Å²) in [5, 5.41) is 0. The van der Waals surface area contributed by atoms with Gasteiger partial charge in [-0.05, 0) is 55.9 Å². The molecule has 0 amide bonds. The molecule has 4 nitrogen and oxygen atoms in total. The van der Waals surface area contributed by atoms with Gasteiger partial charge in [-0.1, -0.05) is 6.07 Å². The summed E-state index contributed by atoms with van der Waals surface area (Å²) in [4.78, 5) is 5.65. The molecular formula is C21H25F3N2O2. The Balaban J connectivity index is 0.000000320. The van der Waals surface area contributed by atoms with Crippen molar-refractivity contribution >= 4 is 5.69 Å². The second-order valence-electron chi connectivity index (χ2n) is 7.07. The van der Waals surface area contributed by atoms with Crippen LogP contribution in [0.4, 0.5) is 18.9 Å². The van der Waals surface area contributed by atoms with Gasteiger partial charge in [-0.15, -0.1) is 0 Å². The van der Waals surface area contributed by atoms with E-state index >= 15 is 0 Å². The van der Waals surface area contributed by atoms with E-state index in [0.29, 0.717) is 5.75 Å². The van der Waals surface area contributed by atoms with Gasteiger partial charge in [0, 0.05) is 38.6 Å². The number of hydrogen-bond acceptors (Lipinski definition) is 4. The van der Waals surface area contributed by atoms with Crippen molar-refractivity contribution in [2.24, 2.45) is 5.92 Å². The lowest BCUT2D eigenvalue weighted by Gasteiger charge is -2.18. The van der Waals surface area contributed by atoms with Crippen molar-refractivity contribution in [3.63, 3.8) is 0 Å². The number of halogens is 3. The molecule has 4 rings (SSSR count). The predicted molar refractivity (Wildman–Crippen MR) is 102 cm³/mol. The molecule has 1 saturated carbocycles. The van der Waals surface area contributed by atoms with Gasteiger partial charge in [-0.3, -0.25) is 0 Å². The van der Waals surface area contributed by atoms with E-state index in [4.69, 9.17) is 9.47 Å². The smallest absolute Gasteiger partial charge is 0.433 e. The van der Waals surface area contributed by atoms with E-state index in [2.05, 4.69) is 9.88 Å². The van der Waals surface area contributed by atoms with Crippen molar-refractivity contribution in [3.05, 3.63) is 48.3 Å². The minimum atomic E-state index is -4.44. The SMILES string of the molecule is COCC1CC1.FC(F)(F)c1ccc(Oc2cccc(N3CCCC3)c2)cn1. The van der Waals surface area contributed by atoms with E-state index in [0.717, 1.165) is 43.6 Å². The third-order valence-corrected chi connectivity index (χ3v) is 4.65. The van der Waals surface area contributed by atoms with Crippen LogP contribution in [0.5, 0.6) is 11.5 Å². The number of anilines is 1. The van der Waals surface area contributed by atoms with Crippen LogP contribution in [-0.2, 0) is 10.9 Å². The van der Waals surface area contributed by atoms with Gasteiger partial charge >= 0.3 is 6.18 Å². The Hall–Kier alpha value is -2.28. The van der Waals surface area contributed by atoms with Crippen LogP contribution in [0, 0.1) is 5.92 Å². The maximum absolute atomic E-state index is 12.5. The second kappa shape index (κ2) is 9.28. The summed E-state index contributed by atoms with van der Waals surface area (Å²) in [7, 11) is 1.76. The number of rotatable bonds is 5. The summed E-state index contributed by atoms with van der Waals surface area (Å²) in [6.07, 6.45) is 1.79. The average molecular weight is 394 g/mol. The number of benzene rings is 1. The van der Waals surface area contributed by atoms with Crippen LogP contribution in [-0.4, -0.2) is 31.8 Å². The molecule has 0 N–H and O–H groups in total. The van der Waals surface area contributed by atoms with E-state index in [9.17, 15) is 13.2 Å². The van der Waals surface area contributed by atoms with Crippen molar-refractivity contribution in [2.45, 2.75) is 31.9 Å². The Labute approximate surface area is 163 Å². The Morgan fingerprint density at radius 1 is 1.07 bits per heavy atom. The summed E-state index contributed by atoms with van der Waals surface area (Å²) in [5.41, 5.74) is 0.139. The molecule has 152 valence electrons. The molecule has 2 aliphatic rings. The fourth-order valence-electron chi connectivity index (χ4n) is 2.98. The first kappa shape index (κ1) is 20.5. The predicted octanol–water partition coefficient (Wildman–Crippen LogP) is 5.54. The van der Waals surface area contributed by atoms with E-state index in [-0.39, 0.29) is 5.75 Å². The first-order valence-electron chi connectivity index (χ1n) is 9.51. The van der Waals surface area contributed by atoms with Crippen LogP contribution in [0.15, 0.2) is 42.6 Å². The Morgan fingerprint density at radius 2 is 1.82 bits per heavy atom. The highest BCUT2D eigenvalue weighted by Crippen LogP contribution is 2.31.